The van der Waals surface area contributed by atoms with Crippen LogP contribution in [0, 0.1) is 0 Å². The Hall–Kier alpha value is -1.22. The maximum Gasteiger partial charge on any atom is 0.231 e. The van der Waals surface area contributed by atoms with Crippen molar-refractivity contribution in [2.24, 2.45) is 0 Å². The number of nitrogens with one attached hydrogen (secondary N) is 1. The van der Waals surface area contributed by atoms with Crippen molar-refractivity contribution in [2.45, 2.75) is 19.4 Å². The van der Waals surface area contributed by atoms with Gasteiger partial charge in [0.1, 0.15) is 2.74 Å². The molecular formula is C11H15NO2. The molecule has 0 bridgehead atoms. The van der Waals surface area contributed by atoms with E-state index in [2.05, 4.69) is 5.32 Å². The van der Waals surface area contributed by atoms with E-state index < -0.39 is 12.8 Å². The SMILES string of the molecule is [2H]c1c([2H])c2c(c([2H])c1CC([2H])(C)NC)OC([2H])([2H])O2. The summed E-state index contributed by atoms with van der Waals surface area (Å²) in [6.07, 6.45) is 0.0205. The fraction of sp³-hybridized carbons (Fsp3) is 0.455. The van der Waals surface area contributed by atoms with Gasteiger partial charge >= 0.3 is 0 Å². The lowest BCUT2D eigenvalue weighted by molar-refractivity contribution is 0.174. The standard InChI is InChI=1S/C11H15NO2/c1-8(12-2)5-9-3-4-10-11(6-9)14-7-13-10/h3-4,6,8,12H,5,7H2,1-2H3/i3D,4D,6D,7D2,8D. The van der Waals surface area contributed by atoms with Gasteiger partial charge in [0, 0.05) is 7.39 Å². The van der Waals surface area contributed by atoms with Crippen LogP contribution in [0.1, 0.15) is 20.7 Å². The van der Waals surface area contributed by atoms with Gasteiger partial charge in [-0.2, -0.15) is 0 Å². The van der Waals surface area contributed by atoms with Crippen LogP contribution in [-0.4, -0.2) is 19.8 Å². The third-order valence-corrected chi connectivity index (χ3v) is 1.95. The van der Waals surface area contributed by atoms with E-state index in [9.17, 15) is 0 Å². The molecule has 1 unspecified atom stereocenters. The summed E-state index contributed by atoms with van der Waals surface area (Å²) in [5, 5.41) is 2.74. The smallest absolute Gasteiger partial charge is 0.231 e. The van der Waals surface area contributed by atoms with Crippen LogP contribution in [0.5, 0.6) is 11.5 Å². The van der Waals surface area contributed by atoms with Crippen molar-refractivity contribution in [1.82, 2.24) is 5.32 Å². The molecule has 0 spiro atoms. The molecule has 1 aromatic carbocycles. The van der Waals surface area contributed by atoms with Crippen LogP contribution in [0.25, 0.3) is 0 Å². The number of ether oxygens (including phenoxy) is 2. The molecule has 3 nitrogen and oxygen atoms in total. The fourth-order valence-corrected chi connectivity index (χ4v) is 1.10. The second-order valence-electron chi connectivity index (χ2n) is 3.01. The minimum Gasteiger partial charge on any atom is -0.454 e. The third kappa shape index (κ3) is 1.82. The van der Waals surface area contributed by atoms with Crippen molar-refractivity contribution < 1.29 is 17.7 Å². The summed E-state index contributed by atoms with van der Waals surface area (Å²) in [7, 11) is 1.59. The van der Waals surface area contributed by atoms with Gasteiger partial charge in [-0.15, -0.1) is 0 Å². The van der Waals surface area contributed by atoms with E-state index in [4.69, 9.17) is 17.7 Å². The second-order valence-corrected chi connectivity index (χ2v) is 3.01. The molecule has 2 rings (SSSR count). The summed E-state index contributed by atoms with van der Waals surface area (Å²) >= 11 is 0. The quantitative estimate of drug-likeness (QED) is 0.801. The lowest BCUT2D eigenvalue weighted by atomic mass is 10.1. The van der Waals surface area contributed by atoms with E-state index in [-0.39, 0.29) is 41.6 Å². The molecule has 1 aliphatic heterocycles. The number of hydrogen-bond acceptors (Lipinski definition) is 3. The monoisotopic (exact) mass is 199 g/mol. The number of hydrogen-bond donors (Lipinski definition) is 1. The zero-order valence-corrected chi connectivity index (χ0v) is 8.02. The zero-order valence-electron chi connectivity index (χ0n) is 14.0. The molecule has 1 aliphatic rings. The molecule has 0 saturated carbocycles. The lowest BCUT2D eigenvalue weighted by Crippen LogP contribution is -2.23. The summed E-state index contributed by atoms with van der Waals surface area (Å²) in [4.78, 5) is 0. The first-order valence-corrected chi connectivity index (χ1v) is 4.27. The number of benzene rings is 1. The van der Waals surface area contributed by atoms with Crippen LogP contribution in [0.3, 0.4) is 0 Å². The predicted octanol–water partition coefficient (Wildman–Crippen LogP) is 1.57. The summed E-state index contributed by atoms with van der Waals surface area (Å²) in [5.41, 5.74) is 0.155. The molecule has 76 valence electrons. The molecule has 0 radical (unpaired) electrons. The Labute approximate surface area is 92.5 Å². The van der Waals surface area contributed by atoms with Crippen LogP contribution >= 0.6 is 0 Å². The highest BCUT2D eigenvalue weighted by Crippen LogP contribution is 2.32. The van der Waals surface area contributed by atoms with Gasteiger partial charge in [-0.25, -0.2) is 0 Å². The van der Waals surface area contributed by atoms with E-state index in [0.717, 1.165) is 0 Å². The molecule has 0 fully saturated rings. The van der Waals surface area contributed by atoms with Gasteiger partial charge in [-0.1, -0.05) is 6.04 Å². The molecule has 0 saturated heterocycles. The highest BCUT2D eigenvalue weighted by atomic mass is 16.7. The molecule has 1 heterocycles. The summed E-state index contributed by atoms with van der Waals surface area (Å²) in [6, 6.07) is -1.90. The summed E-state index contributed by atoms with van der Waals surface area (Å²) in [6.45, 7) is -0.856. The van der Waals surface area contributed by atoms with Crippen molar-refractivity contribution in [3.05, 3.63) is 23.7 Å². The molecule has 1 atom stereocenters. The van der Waals surface area contributed by atoms with Crippen LogP contribution in [-0.2, 0) is 6.42 Å². The van der Waals surface area contributed by atoms with Gasteiger partial charge in [0.05, 0.1) is 4.11 Å². The molecule has 1 aromatic rings. The first-order chi connectivity index (χ1) is 9.08. The Kier molecular flexibility index (Phi) is 1.26. The number of rotatable bonds is 3. The Morgan fingerprint density at radius 3 is 3.21 bits per heavy atom. The molecule has 1 N–H and O–H groups in total. The predicted molar refractivity (Wildman–Crippen MR) is 54.8 cm³/mol. The summed E-state index contributed by atoms with van der Waals surface area (Å²) in [5.74, 6) is -0.414. The maximum absolute atomic E-state index is 8.01. The first kappa shape index (κ1) is 4.53. The Balaban J connectivity index is 2.55. The van der Waals surface area contributed by atoms with Crippen LogP contribution in [0.4, 0.5) is 0 Å². The zero-order chi connectivity index (χ0) is 15.3. The van der Waals surface area contributed by atoms with E-state index in [1.807, 2.05) is 0 Å². The largest absolute Gasteiger partial charge is 0.454 e. The molecular weight excluding hydrogens is 178 g/mol. The van der Waals surface area contributed by atoms with Crippen molar-refractivity contribution in [2.75, 3.05) is 13.8 Å². The lowest BCUT2D eigenvalue weighted by Gasteiger charge is -2.09. The Morgan fingerprint density at radius 1 is 1.64 bits per heavy atom. The van der Waals surface area contributed by atoms with Crippen molar-refractivity contribution in [1.29, 1.82) is 0 Å². The normalized spacial score (nSPS) is 27.6. The van der Waals surface area contributed by atoms with E-state index >= 15 is 0 Å². The van der Waals surface area contributed by atoms with E-state index in [1.54, 1.807) is 14.0 Å². The van der Waals surface area contributed by atoms with Crippen molar-refractivity contribution in [3.63, 3.8) is 0 Å². The van der Waals surface area contributed by atoms with Crippen LogP contribution in [0.15, 0.2) is 18.1 Å². The van der Waals surface area contributed by atoms with Gasteiger partial charge in [0.15, 0.2) is 11.5 Å². The third-order valence-electron chi connectivity index (χ3n) is 1.95. The second kappa shape index (κ2) is 3.88. The molecule has 0 amide bonds. The highest BCUT2D eigenvalue weighted by Gasteiger charge is 2.13. The minimum absolute atomic E-state index is 0.0205. The molecule has 0 aliphatic carbocycles. The van der Waals surface area contributed by atoms with Crippen molar-refractivity contribution >= 4 is 0 Å². The molecule has 0 aromatic heterocycles. The average Bonchev–Trinajstić information content (AvgIpc) is 2.68. The van der Waals surface area contributed by atoms with E-state index in [0.29, 0.717) is 0 Å². The van der Waals surface area contributed by atoms with Crippen LogP contribution < -0.4 is 14.8 Å². The van der Waals surface area contributed by atoms with Gasteiger partial charge in [0.25, 0.3) is 0 Å². The number of likely N-dealkylation sites (N-methyl/N-ethyl adjacent to an activating group) is 1. The maximum atomic E-state index is 8.01. The fourth-order valence-electron chi connectivity index (χ4n) is 1.10. The Bertz CT molecular complexity index is 561. The number of fused-ring (bicyclic) bond motifs is 1. The van der Waals surface area contributed by atoms with E-state index in [1.165, 1.54) is 0 Å². The van der Waals surface area contributed by atoms with Gasteiger partial charge in [-0.3, -0.25) is 0 Å². The topological polar surface area (TPSA) is 30.5 Å². The molecule has 14 heavy (non-hydrogen) atoms. The Morgan fingerprint density at radius 2 is 2.43 bits per heavy atom. The minimum atomic E-state index is -2.44. The van der Waals surface area contributed by atoms with Gasteiger partial charge in [0.2, 0.25) is 6.75 Å². The van der Waals surface area contributed by atoms with Crippen LogP contribution in [0.2, 0.25) is 0 Å². The van der Waals surface area contributed by atoms with Crippen molar-refractivity contribution in [3.8, 4) is 11.5 Å². The summed E-state index contributed by atoms with van der Waals surface area (Å²) < 4.78 is 56.2. The highest BCUT2D eigenvalue weighted by molar-refractivity contribution is 5.44. The average molecular weight is 199 g/mol. The first-order valence-electron chi connectivity index (χ1n) is 7.27. The van der Waals surface area contributed by atoms with Gasteiger partial charge in [-0.05, 0) is 38.0 Å². The van der Waals surface area contributed by atoms with Gasteiger partial charge < -0.3 is 14.8 Å². The molecule has 3 heteroatoms.